The molecule has 152 valence electrons. The summed E-state index contributed by atoms with van der Waals surface area (Å²) in [6.45, 7) is 14.4. The molecular weight excluding hydrogens is 300 g/mol. The van der Waals surface area contributed by atoms with Crippen LogP contribution in [0.2, 0.25) is 0 Å². The van der Waals surface area contributed by atoms with E-state index in [-0.39, 0.29) is 0 Å². The van der Waals surface area contributed by atoms with E-state index in [1.165, 1.54) is 109 Å². The van der Waals surface area contributed by atoms with E-state index in [0.29, 0.717) is 10.8 Å². The van der Waals surface area contributed by atoms with Crippen LogP contribution in [0.3, 0.4) is 0 Å². The fourth-order valence-electron chi connectivity index (χ4n) is 3.84. The minimum Gasteiger partial charge on any atom is -0.0654 e. The number of hydrogen-bond donors (Lipinski definition) is 0. The summed E-state index contributed by atoms with van der Waals surface area (Å²) in [5, 5.41) is 0. The average Bonchev–Trinajstić information content (AvgIpc) is 2.50. The van der Waals surface area contributed by atoms with Crippen molar-refractivity contribution in [2.24, 2.45) is 10.8 Å². The van der Waals surface area contributed by atoms with Crippen molar-refractivity contribution in [2.75, 3.05) is 0 Å². The van der Waals surface area contributed by atoms with Gasteiger partial charge in [-0.2, -0.15) is 0 Å². The van der Waals surface area contributed by atoms with E-state index in [1.807, 2.05) is 0 Å². The molecular formula is C25H52. The van der Waals surface area contributed by atoms with E-state index in [1.54, 1.807) is 0 Å². The van der Waals surface area contributed by atoms with Crippen molar-refractivity contribution in [2.45, 2.75) is 151 Å². The molecule has 0 aromatic rings. The molecule has 0 N–H and O–H groups in total. The van der Waals surface area contributed by atoms with E-state index < -0.39 is 0 Å². The first-order valence-electron chi connectivity index (χ1n) is 11.8. The van der Waals surface area contributed by atoms with Crippen molar-refractivity contribution in [3.63, 3.8) is 0 Å². The highest BCUT2D eigenvalue weighted by Gasteiger charge is 2.18. The lowest BCUT2D eigenvalue weighted by Crippen LogP contribution is -2.13. The molecule has 0 rings (SSSR count). The molecule has 0 atom stereocenters. The van der Waals surface area contributed by atoms with Crippen LogP contribution in [-0.4, -0.2) is 0 Å². The fraction of sp³-hybridized carbons (Fsp3) is 1.00. The Kier molecular flexibility index (Phi) is 15.1. The van der Waals surface area contributed by atoms with Crippen molar-refractivity contribution in [1.82, 2.24) is 0 Å². The van der Waals surface area contributed by atoms with Crippen LogP contribution < -0.4 is 0 Å². The second kappa shape index (κ2) is 15.1. The van der Waals surface area contributed by atoms with E-state index in [9.17, 15) is 0 Å². The van der Waals surface area contributed by atoms with Gasteiger partial charge in [0.05, 0.1) is 0 Å². The summed E-state index contributed by atoms with van der Waals surface area (Å²) in [6.07, 6.45) is 24.6. The fourth-order valence-corrected chi connectivity index (χ4v) is 3.84. The van der Waals surface area contributed by atoms with Gasteiger partial charge in [-0.15, -0.1) is 0 Å². The van der Waals surface area contributed by atoms with Crippen LogP contribution in [-0.2, 0) is 0 Å². The lowest BCUT2D eigenvalue weighted by molar-refractivity contribution is 0.257. The summed E-state index contributed by atoms with van der Waals surface area (Å²) in [6, 6.07) is 0. The zero-order valence-electron chi connectivity index (χ0n) is 19.0. The SMILES string of the molecule is CCCCCCCCCCCCCCCC(C)(C)CCCC(C)(C)C. The summed E-state index contributed by atoms with van der Waals surface area (Å²) >= 11 is 0. The monoisotopic (exact) mass is 352 g/mol. The Labute approximate surface area is 161 Å². The van der Waals surface area contributed by atoms with Crippen molar-refractivity contribution in [3.05, 3.63) is 0 Å². The highest BCUT2D eigenvalue weighted by Crippen LogP contribution is 2.32. The molecule has 0 saturated heterocycles. The molecule has 25 heavy (non-hydrogen) atoms. The maximum Gasteiger partial charge on any atom is -0.0354 e. The summed E-state index contributed by atoms with van der Waals surface area (Å²) in [7, 11) is 0. The number of unbranched alkanes of at least 4 members (excludes halogenated alkanes) is 12. The highest BCUT2D eigenvalue weighted by molar-refractivity contribution is 4.71. The molecule has 0 heteroatoms. The van der Waals surface area contributed by atoms with Gasteiger partial charge in [-0.25, -0.2) is 0 Å². The topological polar surface area (TPSA) is 0 Å². The summed E-state index contributed by atoms with van der Waals surface area (Å²) in [4.78, 5) is 0. The van der Waals surface area contributed by atoms with Crippen LogP contribution in [0.25, 0.3) is 0 Å². The molecule has 0 saturated carbocycles. The Balaban J connectivity index is 3.34. The Morgan fingerprint density at radius 2 is 0.760 bits per heavy atom. The van der Waals surface area contributed by atoms with Crippen LogP contribution in [0.15, 0.2) is 0 Å². The maximum atomic E-state index is 2.48. The average molecular weight is 353 g/mol. The Hall–Kier alpha value is 0. The first-order valence-corrected chi connectivity index (χ1v) is 11.8. The first-order chi connectivity index (χ1) is 11.8. The molecule has 0 nitrogen and oxygen atoms in total. The van der Waals surface area contributed by atoms with E-state index in [2.05, 4.69) is 41.5 Å². The van der Waals surface area contributed by atoms with E-state index in [4.69, 9.17) is 0 Å². The normalized spacial score (nSPS) is 12.7. The van der Waals surface area contributed by atoms with Crippen LogP contribution in [0.1, 0.15) is 151 Å². The van der Waals surface area contributed by atoms with Gasteiger partial charge in [0.2, 0.25) is 0 Å². The molecule has 0 bridgehead atoms. The molecule has 0 aromatic heterocycles. The summed E-state index contributed by atoms with van der Waals surface area (Å²) in [5.74, 6) is 0. The van der Waals surface area contributed by atoms with Gasteiger partial charge in [-0.05, 0) is 30.1 Å². The van der Waals surface area contributed by atoms with Gasteiger partial charge in [-0.3, -0.25) is 0 Å². The maximum absolute atomic E-state index is 2.48. The minimum atomic E-state index is 0.506. The van der Waals surface area contributed by atoms with Crippen LogP contribution in [0, 0.1) is 10.8 Å². The minimum absolute atomic E-state index is 0.506. The van der Waals surface area contributed by atoms with Crippen LogP contribution >= 0.6 is 0 Å². The van der Waals surface area contributed by atoms with E-state index >= 15 is 0 Å². The summed E-state index contributed by atoms with van der Waals surface area (Å²) < 4.78 is 0. The molecule has 0 heterocycles. The predicted molar refractivity (Wildman–Crippen MR) is 117 cm³/mol. The third-order valence-corrected chi connectivity index (χ3v) is 5.74. The van der Waals surface area contributed by atoms with Crippen molar-refractivity contribution in [1.29, 1.82) is 0 Å². The zero-order chi connectivity index (χ0) is 19.0. The largest absolute Gasteiger partial charge is 0.0654 e. The molecule has 0 radical (unpaired) electrons. The molecule has 0 aromatic carbocycles. The van der Waals surface area contributed by atoms with Crippen LogP contribution in [0.4, 0.5) is 0 Å². The highest BCUT2D eigenvalue weighted by atomic mass is 14.2. The quantitative estimate of drug-likeness (QED) is 0.228. The van der Waals surface area contributed by atoms with Gasteiger partial charge in [0.1, 0.15) is 0 Å². The van der Waals surface area contributed by atoms with Gasteiger partial charge in [0.25, 0.3) is 0 Å². The van der Waals surface area contributed by atoms with Gasteiger partial charge < -0.3 is 0 Å². The van der Waals surface area contributed by atoms with Crippen molar-refractivity contribution in [3.8, 4) is 0 Å². The van der Waals surface area contributed by atoms with Crippen molar-refractivity contribution >= 4 is 0 Å². The molecule has 0 amide bonds. The van der Waals surface area contributed by atoms with Crippen LogP contribution in [0.5, 0.6) is 0 Å². The molecule has 0 unspecified atom stereocenters. The van der Waals surface area contributed by atoms with Gasteiger partial charge in [0.15, 0.2) is 0 Å². The standard InChI is InChI=1S/C25H52/c1-7-8-9-10-11-12-13-14-15-16-17-18-19-22-25(5,6)23-20-21-24(2,3)4/h7-23H2,1-6H3. The molecule has 0 aliphatic rings. The predicted octanol–water partition coefficient (Wildman–Crippen LogP) is 9.71. The van der Waals surface area contributed by atoms with Crippen molar-refractivity contribution < 1.29 is 0 Å². The zero-order valence-corrected chi connectivity index (χ0v) is 19.0. The lowest BCUT2D eigenvalue weighted by Gasteiger charge is -2.27. The lowest BCUT2D eigenvalue weighted by atomic mass is 9.79. The van der Waals surface area contributed by atoms with Gasteiger partial charge >= 0.3 is 0 Å². The number of hydrogen-bond acceptors (Lipinski definition) is 0. The third kappa shape index (κ3) is 20.2. The Morgan fingerprint density at radius 1 is 0.400 bits per heavy atom. The third-order valence-electron chi connectivity index (χ3n) is 5.74. The van der Waals surface area contributed by atoms with Gasteiger partial charge in [-0.1, -0.05) is 131 Å². The molecule has 0 aliphatic heterocycles. The molecule has 0 fully saturated rings. The smallest absolute Gasteiger partial charge is 0.0354 e. The summed E-state index contributed by atoms with van der Waals surface area (Å²) in [5.41, 5.74) is 1.06. The molecule has 0 aliphatic carbocycles. The second-order valence-corrected chi connectivity index (χ2v) is 10.6. The number of rotatable bonds is 17. The second-order valence-electron chi connectivity index (χ2n) is 10.6. The van der Waals surface area contributed by atoms with E-state index in [0.717, 1.165) is 0 Å². The Bertz CT molecular complexity index is 268. The molecule has 0 spiro atoms. The van der Waals surface area contributed by atoms with Gasteiger partial charge in [0, 0.05) is 0 Å². The first kappa shape index (κ1) is 25.0. The Morgan fingerprint density at radius 3 is 1.16 bits per heavy atom.